The zero-order valence-corrected chi connectivity index (χ0v) is 16.2. The average Bonchev–Trinajstić information content (AvgIpc) is 2.78. The minimum Gasteiger partial charge on any atom is -0.489 e. The zero-order chi connectivity index (χ0) is 21.3. The number of hydrogen-bond donors (Lipinski definition) is 0. The van der Waals surface area contributed by atoms with Crippen LogP contribution in [0.15, 0.2) is 65.8 Å². The highest BCUT2D eigenvalue weighted by Crippen LogP contribution is 2.41. The number of hydrogen-bond acceptors (Lipinski definition) is 7. The normalized spacial score (nSPS) is 13.1. The van der Waals surface area contributed by atoms with E-state index in [0.717, 1.165) is 10.4 Å². The molecule has 0 spiro atoms. The van der Waals surface area contributed by atoms with Crippen molar-refractivity contribution in [3.8, 4) is 22.9 Å². The first kappa shape index (κ1) is 19.4. The fraction of sp³-hybridized carbons (Fsp3) is 0.100. The Labute approximate surface area is 172 Å². The molecule has 9 nitrogen and oxygen atoms in total. The monoisotopic (exact) mass is 422 g/mol. The zero-order valence-electron chi connectivity index (χ0n) is 15.4. The van der Waals surface area contributed by atoms with Gasteiger partial charge < -0.3 is 4.74 Å². The number of anilines is 1. The summed E-state index contributed by atoms with van der Waals surface area (Å²) in [6, 6.07) is 13.7. The van der Waals surface area contributed by atoms with Crippen molar-refractivity contribution in [2.45, 2.75) is 4.90 Å². The summed E-state index contributed by atoms with van der Waals surface area (Å²) in [5.41, 5.74) is 1.72. The summed E-state index contributed by atoms with van der Waals surface area (Å²) < 4.78 is 33.4. The Balaban J connectivity index is 1.80. The van der Waals surface area contributed by atoms with Gasteiger partial charge in [0.25, 0.3) is 15.7 Å². The molecule has 0 fully saturated rings. The van der Waals surface area contributed by atoms with Crippen LogP contribution in [-0.4, -0.2) is 31.5 Å². The lowest BCUT2D eigenvalue weighted by molar-refractivity contribution is -0.385. The summed E-state index contributed by atoms with van der Waals surface area (Å²) in [7, 11) is -4.08. The van der Waals surface area contributed by atoms with Gasteiger partial charge in [0, 0.05) is 23.9 Å². The van der Waals surface area contributed by atoms with E-state index in [0.29, 0.717) is 22.4 Å². The molecule has 30 heavy (non-hydrogen) atoms. The lowest BCUT2D eigenvalue weighted by Gasteiger charge is -2.31. The van der Waals surface area contributed by atoms with Gasteiger partial charge in [0.2, 0.25) is 0 Å². The third kappa shape index (κ3) is 3.31. The maximum absolute atomic E-state index is 13.2. The van der Waals surface area contributed by atoms with Crippen LogP contribution in [0.4, 0.5) is 11.4 Å². The first-order chi connectivity index (χ1) is 14.4. The minimum absolute atomic E-state index is 0.0382. The molecule has 1 aromatic heterocycles. The highest BCUT2D eigenvalue weighted by molar-refractivity contribution is 7.92. The second-order valence-electron chi connectivity index (χ2n) is 6.40. The molecule has 0 saturated heterocycles. The lowest BCUT2D eigenvalue weighted by atomic mass is 10.0. The van der Waals surface area contributed by atoms with E-state index in [1.807, 2.05) is 6.07 Å². The predicted molar refractivity (Wildman–Crippen MR) is 108 cm³/mol. The van der Waals surface area contributed by atoms with Crippen LogP contribution in [0.5, 0.6) is 5.75 Å². The largest absolute Gasteiger partial charge is 0.489 e. The smallest absolute Gasteiger partial charge is 0.270 e. The first-order valence-corrected chi connectivity index (χ1v) is 10.2. The molecule has 3 aromatic rings. The molecular formula is C20H14N4O5S. The van der Waals surface area contributed by atoms with Crippen LogP contribution >= 0.6 is 0 Å². The van der Waals surface area contributed by atoms with Gasteiger partial charge in [0.15, 0.2) is 5.75 Å². The molecule has 150 valence electrons. The van der Waals surface area contributed by atoms with Crippen LogP contribution in [-0.2, 0) is 10.0 Å². The van der Waals surface area contributed by atoms with E-state index in [-0.39, 0.29) is 29.4 Å². The summed E-state index contributed by atoms with van der Waals surface area (Å²) >= 11 is 0. The number of fused-ring (bicyclic) bond motifs is 1. The summed E-state index contributed by atoms with van der Waals surface area (Å²) in [5, 5.41) is 20.0. The molecule has 0 saturated carbocycles. The van der Waals surface area contributed by atoms with Gasteiger partial charge in [0.05, 0.1) is 34.2 Å². The van der Waals surface area contributed by atoms with E-state index in [1.54, 1.807) is 30.5 Å². The SMILES string of the molecule is N#Cc1ccc(-c2cncc3c2OCCN3S(=O)(=O)c2cccc([N+](=O)[O-])c2)cc1. The van der Waals surface area contributed by atoms with Crippen LogP contribution < -0.4 is 9.04 Å². The Kier molecular flexibility index (Phi) is 4.81. The maximum atomic E-state index is 13.2. The Bertz CT molecular complexity index is 1280. The topological polar surface area (TPSA) is 126 Å². The van der Waals surface area contributed by atoms with E-state index in [1.165, 1.54) is 24.4 Å². The van der Waals surface area contributed by atoms with Gasteiger partial charge in [-0.15, -0.1) is 0 Å². The van der Waals surface area contributed by atoms with E-state index in [2.05, 4.69) is 4.98 Å². The van der Waals surface area contributed by atoms with Crippen molar-refractivity contribution in [2.24, 2.45) is 0 Å². The van der Waals surface area contributed by atoms with Gasteiger partial charge in [-0.25, -0.2) is 8.42 Å². The molecule has 0 atom stereocenters. The molecule has 4 rings (SSSR count). The number of nitriles is 1. The van der Waals surface area contributed by atoms with Gasteiger partial charge in [-0.1, -0.05) is 18.2 Å². The van der Waals surface area contributed by atoms with Crippen LogP contribution in [0.1, 0.15) is 5.56 Å². The quantitative estimate of drug-likeness (QED) is 0.467. The second kappa shape index (κ2) is 7.46. The standard InChI is InChI=1S/C20H14N4O5S/c21-11-14-4-6-15(7-5-14)18-12-22-13-19-20(18)29-9-8-23(19)30(27,28)17-3-1-2-16(10-17)24(25)26/h1-7,10,12-13H,8-9H2. The number of ether oxygens (including phenoxy) is 1. The number of benzene rings is 2. The van der Waals surface area contributed by atoms with Crippen LogP contribution in [0.3, 0.4) is 0 Å². The first-order valence-electron chi connectivity index (χ1n) is 8.80. The number of nitro benzene ring substituents is 1. The van der Waals surface area contributed by atoms with Crippen molar-refractivity contribution in [2.75, 3.05) is 17.5 Å². The third-order valence-electron chi connectivity index (χ3n) is 4.63. The Morgan fingerprint density at radius 1 is 1.17 bits per heavy atom. The Hall–Kier alpha value is -3.97. The van der Waals surface area contributed by atoms with Crippen molar-refractivity contribution in [3.63, 3.8) is 0 Å². The fourth-order valence-corrected chi connectivity index (χ4v) is 4.66. The molecule has 0 N–H and O–H groups in total. The van der Waals surface area contributed by atoms with Crippen molar-refractivity contribution >= 4 is 21.4 Å². The van der Waals surface area contributed by atoms with Gasteiger partial charge in [-0.05, 0) is 23.8 Å². The van der Waals surface area contributed by atoms with Crippen LogP contribution in [0, 0.1) is 21.4 Å². The van der Waals surface area contributed by atoms with Crippen LogP contribution in [0.2, 0.25) is 0 Å². The third-order valence-corrected chi connectivity index (χ3v) is 6.44. The fourth-order valence-electron chi connectivity index (χ4n) is 3.18. The van der Waals surface area contributed by atoms with Gasteiger partial charge in [-0.3, -0.25) is 19.4 Å². The van der Waals surface area contributed by atoms with Gasteiger partial charge in [-0.2, -0.15) is 5.26 Å². The number of nitro groups is 1. The predicted octanol–water partition coefficient (Wildman–Crippen LogP) is 3.12. The second-order valence-corrected chi connectivity index (χ2v) is 8.27. The number of nitrogens with zero attached hydrogens (tertiary/aromatic N) is 4. The summed E-state index contributed by atoms with van der Waals surface area (Å²) in [4.78, 5) is 14.4. The van der Waals surface area contributed by atoms with E-state index >= 15 is 0 Å². The minimum atomic E-state index is -4.08. The van der Waals surface area contributed by atoms with E-state index < -0.39 is 14.9 Å². The van der Waals surface area contributed by atoms with Gasteiger partial charge >= 0.3 is 0 Å². The molecule has 0 unspecified atom stereocenters. The molecule has 10 heteroatoms. The van der Waals surface area contributed by atoms with E-state index in [4.69, 9.17) is 10.00 Å². The summed E-state index contributed by atoms with van der Waals surface area (Å²) in [6.45, 7) is 0.144. The number of aromatic nitrogens is 1. The molecule has 1 aliphatic heterocycles. The molecule has 0 bridgehead atoms. The summed E-state index contributed by atoms with van der Waals surface area (Å²) in [5.74, 6) is 0.343. The lowest BCUT2D eigenvalue weighted by Crippen LogP contribution is -2.38. The van der Waals surface area contributed by atoms with Crippen LogP contribution in [0.25, 0.3) is 11.1 Å². The number of non-ortho nitro benzene ring substituents is 1. The van der Waals surface area contributed by atoms with Crippen molar-refractivity contribution in [1.82, 2.24) is 4.98 Å². The molecule has 1 aliphatic rings. The Morgan fingerprint density at radius 2 is 1.93 bits per heavy atom. The van der Waals surface area contributed by atoms with E-state index in [9.17, 15) is 18.5 Å². The molecule has 0 radical (unpaired) electrons. The summed E-state index contributed by atoms with van der Waals surface area (Å²) in [6.07, 6.45) is 2.94. The van der Waals surface area contributed by atoms with Crippen molar-refractivity contribution in [3.05, 3.63) is 76.6 Å². The molecular weight excluding hydrogens is 408 g/mol. The number of sulfonamides is 1. The molecule has 2 aromatic carbocycles. The Morgan fingerprint density at radius 3 is 2.63 bits per heavy atom. The molecule has 2 heterocycles. The highest BCUT2D eigenvalue weighted by atomic mass is 32.2. The number of pyridine rings is 1. The molecule has 0 aliphatic carbocycles. The molecule has 0 amide bonds. The maximum Gasteiger partial charge on any atom is 0.270 e. The van der Waals surface area contributed by atoms with Crippen molar-refractivity contribution < 1.29 is 18.1 Å². The number of rotatable bonds is 4. The average molecular weight is 422 g/mol. The van der Waals surface area contributed by atoms with Gasteiger partial charge in [0.1, 0.15) is 12.3 Å². The highest BCUT2D eigenvalue weighted by Gasteiger charge is 2.32. The van der Waals surface area contributed by atoms with Crippen molar-refractivity contribution in [1.29, 1.82) is 5.26 Å².